The van der Waals surface area contributed by atoms with Crippen molar-refractivity contribution in [2.75, 3.05) is 0 Å². The monoisotopic (exact) mass is 184 g/mol. The van der Waals surface area contributed by atoms with Gasteiger partial charge in [0.05, 0.1) is 5.41 Å². The van der Waals surface area contributed by atoms with Gasteiger partial charge in [0.15, 0.2) is 0 Å². The molecule has 0 spiro atoms. The third-order valence-corrected chi connectivity index (χ3v) is 3.89. The van der Waals surface area contributed by atoms with Crippen molar-refractivity contribution in [2.45, 2.75) is 46.5 Å². The van der Waals surface area contributed by atoms with Gasteiger partial charge in [-0.3, -0.25) is 4.79 Å². The second-order valence-electron chi connectivity index (χ2n) is 4.52. The standard InChI is InChI=1S/C11H20O2/c1-4-6-11(10(12)13)7-5-8(2)9(11)3/h8-9H,4-7H2,1-3H3,(H,12,13)/t8-,9?,11-/m1/s1. The largest absolute Gasteiger partial charge is 0.481 e. The van der Waals surface area contributed by atoms with Gasteiger partial charge in [0, 0.05) is 0 Å². The van der Waals surface area contributed by atoms with Gasteiger partial charge >= 0.3 is 5.97 Å². The molecule has 76 valence electrons. The molecule has 0 heterocycles. The number of carboxylic acids is 1. The highest BCUT2D eigenvalue weighted by Crippen LogP contribution is 2.49. The van der Waals surface area contributed by atoms with Crippen LogP contribution in [0.25, 0.3) is 0 Å². The molecule has 13 heavy (non-hydrogen) atoms. The van der Waals surface area contributed by atoms with Gasteiger partial charge in [-0.05, 0) is 31.1 Å². The van der Waals surface area contributed by atoms with Gasteiger partial charge in [-0.25, -0.2) is 0 Å². The first-order valence-electron chi connectivity index (χ1n) is 5.28. The summed E-state index contributed by atoms with van der Waals surface area (Å²) in [4.78, 5) is 11.3. The van der Waals surface area contributed by atoms with Crippen LogP contribution in [0.1, 0.15) is 46.5 Å². The highest BCUT2D eigenvalue weighted by molar-refractivity contribution is 5.75. The van der Waals surface area contributed by atoms with E-state index >= 15 is 0 Å². The van der Waals surface area contributed by atoms with Crippen molar-refractivity contribution < 1.29 is 9.90 Å². The molecule has 0 aliphatic heterocycles. The molecule has 1 unspecified atom stereocenters. The fraction of sp³-hybridized carbons (Fsp3) is 0.909. The summed E-state index contributed by atoms with van der Waals surface area (Å²) in [5, 5.41) is 9.28. The molecule has 3 atom stereocenters. The van der Waals surface area contributed by atoms with Crippen molar-refractivity contribution >= 4 is 5.97 Å². The first kappa shape index (κ1) is 10.6. The number of aliphatic carboxylic acids is 1. The highest BCUT2D eigenvalue weighted by atomic mass is 16.4. The zero-order chi connectivity index (χ0) is 10.1. The van der Waals surface area contributed by atoms with Crippen LogP contribution in [0.15, 0.2) is 0 Å². The Morgan fingerprint density at radius 2 is 2.15 bits per heavy atom. The van der Waals surface area contributed by atoms with Crippen molar-refractivity contribution in [3.8, 4) is 0 Å². The summed E-state index contributed by atoms with van der Waals surface area (Å²) in [5.41, 5.74) is -0.409. The normalized spacial score (nSPS) is 39.3. The lowest BCUT2D eigenvalue weighted by Gasteiger charge is -2.30. The molecule has 0 aromatic carbocycles. The molecule has 1 aliphatic rings. The topological polar surface area (TPSA) is 37.3 Å². The van der Waals surface area contributed by atoms with Gasteiger partial charge in [-0.15, -0.1) is 0 Å². The molecule has 1 saturated carbocycles. The molecule has 1 N–H and O–H groups in total. The summed E-state index contributed by atoms with van der Waals surface area (Å²) in [6.07, 6.45) is 3.77. The molecule has 2 heteroatoms. The molecular weight excluding hydrogens is 164 g/mol. The minimum absolute atomic E-state index is 0.338. The Morgan fingerprint density at radius 3 is 2.46 bits per heavy atom. The quantitative estimate of drug-likeness (QED) is 0.732. The molecule has 0 amide bonds. The van der Waals surface area contributed by atoms with Crippen LogP contribution in [0.2, 0.25) is 0 Å². The molecular formula is C11H20O2. The van der Waals surface area contributed by atoms with Crippen molar-refractivity contribution in [3.63, 3.8) is 0 Å². The van der Waals surface area contributed by atoms with Crippen LogP contribution in [-0.4, -0.2) is 11.1 Å². The Kier molecular flexibility index (Phi) is 2.99. The highest BCUT2D eigenvalue weighted by Gasteiger charge is 2.49. The Labute approximate surface area is 80.3 Å². The molecule has 0 radical (unpaired) electrons. The van der Waals surface area contributed by atoms with Crippen LogP contribution in [0.4, 0.5) is 0 Å². The number of carboxylic acid groups (broad SMARTS) is 1. The van der Waals surface area contributed by atoms with Crippen LogP contribution >= 0.6 is 0 Å². The Hall–Kier alpha value is -0.530. The summed E-state index contributed by atoms with van der Waals surface area (Å²) >= 11 is 0. The van der Waals surface area contributed by atoms with Crippen LogP contribution in [-0.2, 0) is 4.79 Å². The average Bonchev–Trinajstić information content (AvgIpc) is 2.34. The van der Waals surface area contributed by atoms with E-state index in [1.54, 1.807) is 0 Å². The zero-order valence-electron chi connectivity index (χ0n) is 8.84. The minimum atomic E-state index is -0.578. The number of rotatable bonds is 3. The van der Waals surface area contributed by atoms with E-state index in [1.165, 1.54) is 0 Å². The lowest BCUT2D eigenvalue weighted by Crippen LogP contribution is -2.34. The number of carbonyl (C=O) groups is 1. The van der Waals surface area contributed by atoms with Crippen LogP contribution in [0.3, 0.4) is 0 Å². The van der Waals surface area contributed by atoms with E-state index in [0.717, 1.165) is 25.7 Å². The summed E-state index contributed by atoms with van der Waals surface area (Å²) in [7, 11) is 0. The second kappa shape index (κ2) is 3.69. The Balaban J connectivity index is 2.85. The predicted octanol–water partition coefficient (Wildman–Crippen LogP) is 2.92. The molecule has 1 rings (SSSR count). The molecule has 1 fully saturated rings. The zero-order valence-corrected chi connectivity index (χ0v) is 8.84. The minimum Gasteiger partial charge on any atom is -0.481 e. The molecule has 0 bridgehead atoms. The summed E-state index contributed by atoms with van der Waals surface area (Å²) in [6.45, 7) is 6.34. The van der Waals surface area contributed by atoms with Gasteiger partial charge in [-0.1, -0.05) is 27.2 Å². The van der Waals surface area contributed by atoms with E-state index < -0.39 is 11.4 Å². The van der Waals surface area contributed by atoms with Gasteiger partial charge < -0.3 is 5.11 Å². The first-order chi connectivity index (χ1) is 6.04. The van der Waals surface area contributed by atoms with E-state index in [9.17, 15) is 9.90 Å². The Morgan fingerprint density at radius 1 is 1.54 bits per heavy atom. The Bertz CT molecular complexity index is 196. The van der Waals surface area contributed by atoms with Crippen molar-refractivity contribution in [1.29, 1.82) is 0 Å². The van der Waals surface area contributed by atoms with Crippen LogP contribution in [0, 0.1) is 17.3 Å². The van der Waals surface area contributed by atoms with Gasteiger partial charge in [-0.2, -0.15) is 0 Å². The lowest BCUT2D eigenvalue weighted by molar-refractivity contribution is -0.152. The SMILES string of the molecule is CCC[C@@]1(C(=O)O)CC[C@@H](C)C1C. The molecule has 0 aromatic heterocycles. The maximum atomic E-state index is 11.3. The second-order valence-corrected chi connectivity index (χ2v) is 4.52. The molecule has 1 aliphatic carbocycles. The molecule has 2 nitrogen and oxygen atoms in total. The van der Waals surface area contributed by atoms with Crippen molar-refractivity contribution in [1.82, 2.24) is 0 Å². The fourth-order valence-electron chi connectivity index (χ4n) is 2.71. The third kappa shape index (κ3) is 1.59. The van der Waals surface area contributed by atoms with E-state index in [1.807, 2.05) is 0 Å². The van der Waals surface area contributed by atoms with Gasteiger partial charge in [0.2, 0.25) is 0 Å². The summed E-state index contributed by atoms with van der Waals surface area (Å²) in [6, 6.07) is 0. The average molecular weight is 184 g/mol. The first-order valence-corrected chi connectivity index (χ1v) is 5.28. The van der Waals surface area contributed by atoms with Crippen LogP contribution < -0.4 is 0 Å². The summed E-state index contributed by atoms with van der Waals surface area (Å²) < 4.78 is 0. The number of hydrogen-bond acceptors (Lipinski definition) is 1. The van der Waals surface area contributed by atoms with Crippen molar-refractivity contribution in [2.24, 2.45) is 17.3 Å². The maximum absolute atomic E-state index is 11.3. The fourth-order valence-corrected chi connectivity index (χ4v) is 2.71. The molecule has 0 saturated heterocycles. The van der Waals surface area contributed by atoms with E-state index in [2.05, 4.69) is 20.8 Å². The number of hydrogen-bond donors (Lipinski definition) is 1. The molecule has 0 aromatic rings. The van der Waals surface area contributed by atoms with Crippen LogP contribution in [0.5, 0.6) is 0 Å². The van der Waals surface area contributed by atoms with E-state index in [0.29, 0.717) is 11.8 Å². The van der Waals surface area contributed by atoms with E-state index in [4.69, 9.17) is 0 Å². The third-order valence-electron chi connectivity index (χ3n) is 3.89. The maximum Gasteiger partial charge on any atom is 0.309 e. The van der Waals surface area contributed by atoms with Gasteiger partial charge in [0.25, 0.3) is 0 Å². The van der Waals surface area contributed by atoms with Gasteiger partial charge in [0.1, 0.15) is 0 Å². The van der Waals surface area contributed by atoms with Crippen molar-refractivity contribution in [3.05, 3.63) is 0 Å². The lowest BCUT2D eigenvalue weighted by atomic mass is 9.73. The predicted molar refractivity (Wildman–Crippen MR) is 52.5 cm³/mol. The summed E-state index contributed by atoms with van der Waals surface area (Å²) in [5.74, 6) is 0.332. The smallest absolute Gasteiger partial charge is 0.309 e. The van der Waals surface area contributed by atoms with E-state index in [-0.39, 0.29) is 0 Å².